The first-order valence-corrected chi connectivity index (χ1v) is 6.84. The summed E-state index contributed by atoms with van der Waals surface area (Å²) in [5.41, 5.74) is 1.76. The molecule has 0 saturated heterocycles. The number of carbonyl (C=O) groups is 1. The second kappa shape index (κ2) is 5.87. The van der Waals surface area contributed by atoms with E-state index in [-0.39, 0.29) is 5.56 Å². The van der Waals surface area contributed by atoms with Crippen molar-refractivity contribution in [2.45, 2.75) is 45.6 Å². The van der Waals surface area contributed by atoms with Gasteiger partial charge in [-0.1, -0.05) is 32.3 Å². The number of carboxylic acid groups (broad SMARTS) is 1. The first-order chi connectivity index (χ1) is 9.15. The summed E-state index contributed by atoms with van der Waals surface area (Å²) >= 11 is 0. The third-order valence-electron chi connectivity index (χ3n) is 3.53. The van der Waals surface area contributed by atoms with Crippen molar-refractivity contribution in [1.82, 2.24) is 9.55 Å². The SMILES string of the molecule is CCCCCC(C)n1cnc2c(C(=O)O)cccc21. The third kappa shape index (κ3) is 2.78. The molecule has 0 aliphatic carbocycles. The highest BCUT2D eigenvalue weighted by molar-refractivity contribution is 6.00. The number of benzene rings is 1. The Morgan fingerprint density at radius 3 is 2.89 bits per heavy atom. The van der Waals surface area contributed by atoms with Crippen molar-refractivity contribution in [3.8, 4) is 0 Å². The second-order valence-corrected chi connectivity index (χ2v) is 4.98. The van der Waals surface area contributed by atoms with Crippen LogP contribution in [0.4, 0.5) is 0 Å². The predicted octanol–water partition coefficient (Wildman–Crippen LogP) is 3.88. The highest BCUT2D eigenvalue weighted by Gasteiger charge is 2.14. The number of aromatic carboxylic acids is 1. The molecule has 19 heavy (non-hydrogen) atoms. The van der Waals surface area contributed by atoms with E-state index in [0.29, 0.717) is 11.6 Å². The van der Waals surface area contributed by atoms with Gasteiger partial charge in [-0.25, -0.2) is 9.78 Å². The van der Waals surface area contributed by atoms with Gasteiger partial charge < -0.3 is 9.67 Å². The van der Waals surface area contributed by atoms with Gasteiger partial charge in [-0.3, -0.25) is 0 Å². The quantitative estimate of drug-likeness (QED) is 0.802. The maximum absolute atomic E-state index is 11.2. The molecular formula is C15H20N2O2. The Morgan fingerprint density at radius 2 is 2.21 bits per heavy atom. The minimum Gasteiger partial charge on any atom is -0.478 e. The molecule has 1 aromatic carbocycles. The van der Waals surface area contributed by atoms with Crippen molar-refractivity contribution >= 4 is 17.0 Å². The highest BCUT2D eigenvalue weighted by atomic mass is 16.4. The summed E-state index contributed by atoms with van der Waals surface area (Å²) < 4.78 is 2.08. The minimum atomic E-state index is -0.922. The summed E-state index contributed by atoms with van der Waals surface area (Å²) in [5.74, 6) is -0.922. The second-order valence-electron chi connectivity index (χ2n) is 4.98. The van der Waals surface area contributed by atoms with E-state index in [1.54, 1.807) is 18.5 Å². The Kier molecular flexibility index (Phi) is 4.20. The van der Waals surface area contributed by atoms with Crippen LogP contribution in [0.25, 0.3) is 11.0 Å². The minimum absolute atomic E-state index is 0.275. The van der Waals surface area contributed by atoms with Crippen molar-refractivity contribution in [2.24, 2.45) is 0 Å². The number of fused-ring (bicyclic) bond motifs is 1. The van der Waals surface area contributed by atoms with E-state index < -0.39 is 5.97 Å². The smallest absolute Gasteiger partial charge is 0.337 e. The number of unbranched alkanes of at least 4 members (excludes halogenated alkanes) is 2. The molecule has 0 spiro atoms. The average Bonchev–Trinajstić information content (AvgIpc) is 2.82. The normalized spacial score (nSPS) is 12.7. The molecule has 0 aliphatic rings. The van der Waals surface area contributed by atoms with Gasteiger partial charge in [-0.15, -0.1) is 0 Å². The van der Waals surface area contributed by atoms with Crippen molar-refractivity contribution in [2.75, 3.05) is 0 Å². The van der Waals surface area contributed by atoms with Gasteiger partial charge in [0, 0.05) is 6.04 Å². The lowest BCUT2D eigenvalue weighted by Gasteiger charge is -2.14. The fraction of sp³-hybridized carbons (Fsp3) is 0.467. The molecule has 2 aromatic rings. The molecule has 0 aliphatic heterocycles. The fourth-order valence-electron chi connectivity index (χ4n) is 2.41. The van der Waals surface area contributed by atoms with E-state index in [9.17, 15) is 4.79 Å². The molecular weight excluding hydrogens is 240 g/mol. The first-order valence-electron chi connectivity index (χ1n) is 6.84. The van der Waals surface area contributed by atoms with Crippen LogP contribution in [0.15, 0.2) is 24.5 Å². The van der Waals surface area contributed by atoms with Gasteiger partial charge in [0.05, 0.1) is 17.4 Å². The number of aromatic nitrogens is 2. The topological polar surface area (TPSA) is 55.1 Å². The Labute approximate surface area is 113 Å². The molecule has 0 fully saturated rings. The molecule has 0 bridgehead atoms. The molecule has 0 radical (unpaired) electrons. The largest absolute Gasteiger partial charge is 0.478 e. The zero-order valence-electron chi connectivity index (χ0n) is 11.5. The van der Waals surface area contributed by atoms with Crippen LogP contribution in [0.3, 0.4) is 0 Å². The maximum atomic E-state index is 11.2. The number of hydrogen-bond donors (Lipinski definition) is 1. The van der Waals surface area contributed by atoms with E-state index in [1.807, 2.05) is 6.07 Å². The van der Waals surface area contributed by atoms with Crippen LogP contribution in [0.1, 0.15) is 55.9 Å². The van der Waals surface area contributed by atoms with Gasteiger partial charge in [0.25, 0.3) is 0 Å². The van der Waals surface area contributed by atoms with Crippen LogP contribution < -0.4 is 0 Å². The van der Waals surface area contributed by atoms with Crippen LogP contribution in [-0.2, 0) is 0 Å². The summed E-state index contributed by atoms with van der Waals surface area (Å²) in [4.78, 5) is 15.4. The van der Waals surface area contributed by atoms with Crippen molar-refractivity contribution in [1.29, 1.82) is 0 Å². The van der Waals surface area contributed by atoms with Crippen LogP contribution in [0, 0.1) is 0 Å². The van der Waals surface area contributed by atoms with E-state index >= 15 is 0 Å². The van der Waals surface area contributed by atoms with Crippen molar-refractivity contribution in [3.63, 3.8) is 0 Å². The number of para-hydroxylation sites is 1. The molecule has 1 N–H and O–H groups in total. The highest BCUT2D eigenvalue weighted by Crippen LogP contribution is 2.23. The van der Waals surface area contributed by atoms with Crippen LogP contribution in [0.5, 0.6) is 0 Å². The van der Waals surface area contributed by atoms with Crippen molar-refractivity contribution in [3.05, 3.63) is 30.1 Å². The molecule has 102 valence electrons. The summed E-state index contributed by atoms with van der Waals surface area (Å²) in [7, 11) is 0. The molecule has 4 heteroatoms. The molecule has 4 nitrogen and oxygen atoms in total. The van der Waals surface area contributed by atoms with Crippen LogP contribution in [0.2, 0.25) is 0 Å². The Bertz CT molecular complexity index is 575. The predicted molar refractivity (Wildman–Crippen MR) is 75.5 cm³/mol. The summed E-state index contributed by atoms with van der Waals surface area (Å²) in [6.45, 7) is 4.35. The first kappa shape index (κ1) is 13.6. The molecule has 2 rings (SSSR count). The summed E-state index contributed by atoms with van der Waals surface area (Å²) in [6.07, 6.45) is 6.48. The van der Waals surface area contributed by atoms with Crippen molar-refractivity contribution < 1.29 is 9.90 Å². The van der Waals surface area contributed by atoms with Gasteiger partial charge in [0.15, 0.2) is 0 Å². The molecule has 0 saturated carbocycles. The number of imidazole rings is 1. The lowest BCUT2D eigenvalue weighted by molar-refractivity contribution is 0.0699. The van der Waals surface area contributed by atoms with E-state index in [1.165, 1.54) is 19.3 Å². The molecule has 1 aromatic heterocycles. The number of nitrogens with zero attached hydrogens (tertiary/aromatic N) is 2. The van der Waals surface area contributed by atoms with Gasteiger partial charge >= 0.3 is 5.97 Å². The lowest BCUT2D eigenvalue weighted by atomic mass is 10.1. The summed E-state index contributed by atoms with van der Waals surface area (Å²) in [6, 6.07) is 5.66. The fourth-order valence-corrected chi connectivity index (χ4v) is 2.41. The Hall–Kier alpha value is -1.84. The zero-order chi connectivity index (χ0) is 13.8. The van der Waals surface area contributed by atoms with Gasteiger partial charge in [-0.2, -0.15) is 0 Å². The molecule has 1 heterocycles. The number of hydrogen-bond acceptors (Lipinski definition) is 2. The van der Waals surface area contributed by atoms with Crippen LogP contribution in [-0.4, -0.2) is 20.6 Å². The van der Waals surface area contributed by atoms with Gasteiger partial charge in [-0.05, 0) is 25.5 Å². The van der Waals surface area contributed by atoms with E-state index in [4.69, 9.17) is 5.11 Å². The Morgan fingerprint density at radius 1 is 1.42 bits per heavy atom. The number of carboxylic acids is 1. The Balaban J connectivity index is 2.30. The van der Waals surface area contributed by atoms with Gasteiger partial charge in [0.1, 0.15) is 5.52 Å². The molecule has 0 amide bonds. The van der Waals surface area contributed by atoms with E-state index in [2.05, 4.69) is 23.4 Å². The summed E-state index contributed by atoms with van der Waals surface area (Å²) in [5, 5.41) is 9.15. The zero-order valence-corrected chi connectivity index (χ0v) is 11.5. The molecule has 1 unspecified atom stereocenters. The van der Waals surface area contributed by atoms with Gasteiger partial charge in [0.2, 0.25) is 0 Å². The third-order valence-corrected chi connectivity index (χ3v) is 3.53. The van der Waals surface area contributed by atoms with E-state index in [0.717, 1.165) is 11.9 Å². The maximum Gasteiger partial charge on any atom is 0.337 e. The monoisotopic (exact) mass is 260 g/mol. The standard InChI is InChI=1S/C15H20N2O2/c1-3-4-5-7-11(2)17-10-16-14-12(15(18)19)8-6-9-13(14)17/h6,8-11H,3-5,7H2,1-2H3,(H,18,19). The molecule has 1 atom stereocenters. The van der Waals surface area contributed by atoms with Crippen LogP contribution >= 0.6 is 0 Å². The lowest BCUT2D eigenvalue weighted by Crippen LogP contribution is -2.04. The average molecular weight is 260 g/mol. The number of rotatable bonds is 6.